The Labute approximate surface area is 225 Å². The van der Waals surface area contributed by atoms with Gasteiger partial charge in [0, 0.05) is 25.6 Å². The normalized spacial score (nSPS) is 10.7. The topological polar surface area (TPSA) is 79.7 Å². The Bertz CT molecular complexity index is 1420. The van der Waals surface area contributed by atoms with E-state index in [4.69, 9.17) is 37.4 Å². The Hall–Kier alpha value is -3.33. The third-order valence-electron chi connectivity index (χ3n) is 5.28. The fraction of sp³-hybridized carbons (Fsp3) is 0.115. The van der Waals surface area contributed by atoms with Gasteiger partial charge >= 0.3 is 11.9 Å². The summed E-state index contributed by atoms with van der Waals surface area (Å²) in [6.07, 6.45) is 0. The minimum atomic E-state index is -0.757. The average molecular weight is 590 g/mol. The molecule has 7 nitrogen and oxygen atoms in total. The number of nitrogens with zero attached hydrogens (tertiary/aromatic N) is 2. The van der Waals surface area contributed by atoms with E-state index in [9.17, 15) is 9.59 Å². The molecule has 4 aromatic rings. The van der Waals surface area contributed by atoms with Gasteiger partial charge in [-0.3, -0.25) is 0 Å². The summed E-state index contributed by atoms with van der Waals surface area (Å²) < 4.78 is 18.2. The van der Waals surface area contributed by atoms with Gasteiger partial charge in [-0.25, -0.2) is 14.3 Å². The summed E-state index contributed by atoms with van der Waals surface area (Å²) in [6.45, 7) is 0.0595. The van der Waals surface area contributed by atoms with Crippen LogP contribution in [-0.4, -0.2) is 35.9 Å². The number of carbonyl (C=O) groups is 2. The first-order valence-electron chi connectivity index (χ1n) is 10.6. The van der Waals surface area contributed by atoms with Crippen molar-refractivity contribution in [2.75, 3.05) is 14.2 Å². The summed E-state index contributed by atoms with van der Waals surface area (Å²) in [7, 11) is 2.46. The predicted octanol–water partition coefficient (Wildman–Crippen LogP) is 6.76. The van der Waals surface area contributed by atoms with E-state index in [0.29, 0.717) is 37.1 Å². The smallest absolute Gasteiger partial charge is 0.357 e. The molecule has 0 aliphatic heterocycles. The molecule has 3 aromatic carbocycles. The third-order valence-corrected chi connectivity index (χ3v) is 6.49. The van der Waals surface area contributed by atoms with Crippen molar-refractivity contribution in [1.29, 1.82) is 0 Å². The monoisotopic (exact) mass is 588 g/mol. The standard InChI is InChI=1S/C26H19BrCl2N2O5/c1-34-25(32)22-23(30-31(24(22)26(33)35-2)16-7-4-3-5-8-16)17-13-15(27)11-12-21(17)36-14-18-19(28)9-6-10-20(18)29/h3-13H,14H2,1-2H3. The van der Waals surface area contributed by atoms with E-state index in [1.807, 2.05) is 6.07 Å². The van der Waals surface area contributed by atoms with Gasteiger partial charge in [0.1, 0.15) is 23.6 Å². The molecule has 36 heavy (non-hydrogen) atoms. The lowest BCUT2D eigenvalue weighted by atomic mass is 10.0. The SMILES string of the molecule is COC(=O)c1c(-c2cc(Br)ccc2OCc2c(Cl)cccc2Cl)nn(-c2ccccc2)c1C(=O)OC. The van der Waals surface area contributed by atoms with E-state index in [1.165, 1.54) is 18.9 Å². The van der Waals surface area contributed by atoms with Gasteiger partial charge in [0.25, 0.3) is 0 Å². The summed E-state index contributed by atoms with van der Waals surface area (Å²) in [5, 5.41) is 5.56. The molecule has 0 unspecified atom stereocenters. The summed E-state index contributed by atoms with van der Waals surface area (Å²) in [4.78, 5) is 25.9. The molecule has 0 saturated carbocycles. The van der Waals surface area contributed by atoms with Crippen molar-refractivity contribution < 1.29 is 23.8 Å². The van der Waals surface area contributed by atoms with Gasteiger partial charge in [0.05, 0.1) is 19.9 Å². The number of para-hydroxylation sites is 1. The van der Waals surface area contributed by atoms with Crippen LogP contribution in [-0.2, 0) is 16.1 Å². The second kappa shape index (κ2) is 11.2. The van der Waals surface area contributed by atoms with Crippen LogP contribution >= 0.6 is 39.1 Å². The lowest BCUT2D eigenvalue weighted by Crippen LogP contribution is -2.15. The number of benzene rings is 3. The zero-order valence-corrected chi connectivity index (χ0v) is 22.2. The molecule has 0 saturated heterocycles. The maximum Gasteiger partial charge on any atom is 0.357 e. The van der Waals surface area contributed by atoms with Gasteiger partial charge in [0.15, 0.2) is 5.69 Å². The molecule has 0 fully saturated rings. The average Bonchev–Trinajstić information content (AvgIpc) is 3.29. The van der Waals surface area contributed by atoms with Crippen molar-refractivity contribution in [2.45, 2.75) is 6.61 Å². The number of rotatable bonds is 7. The molecule has 184 valence electrons. The van der Waals surface area contributed by atoms with Crippen LogP contribution in [0.1, 0.15) is 26.4 Å². The Morgan fingerprint density at radius 3 is 2.22 bits per heavy atom. The second-order valence-electron chi connectivity index (χ2n) is 7.43. The number of hydrogen-bond donors (Lipinski definition) is 0. The fourth-order valence-corrected chi connectivity index (χ4v) is 4.44. The van der Waals surface area contributed by atoms with Crippen LogP contribution in [0, 0.1) is 0 Å². The molecular formula is C26H19BrCl2N2O5. The number of esters is 2. The molecular weight excluding hydrogens is 571 g/mol. The van der Waals surface area contributed by atoms with Crippen molar-refractivity contribution in [3.8, 4) is 22.7 Å². The minimum absolute atomic E-state index is 0.0595. The predicted molar refractivity (Wildman–Crippen MR) is 140 cm³/mol. The van der Waals surface area contributed by atoms with Crippen LogP contribution in [0.25, 0.3) is 16.9 Å². The molecule has 0 radical (unpaired) electrons. The highest BCUT2D eigenvalue weighted by Gasteiger charge is 2.32. The molecule has 0 aliphatic rings. The lowest BCUT2D eigenvalue weighted by molar-refractivity contribution is 0.0549. The number of methoxy groups -OCH3 is 2. The zero-order valence-electron chi connectivity index (χ0n) is 19.1. The fourth-order valence-electron chi connectivity index (χ4n) is 3.58. The van der Waals surface area contributed by atoms with Crippen LogP contribution in [0.15, 0.2) is 71.2 Å². The molecule has 0 atom stereocenters. The van der Waals surface area contributed by atoms with Crippen molar-refractivity contribution in [1.82, 2.24) is 9.78 Å². The summed E-state index contributed by atoms with van der Waals surface area (Å²) in [5.41, 5.74) is 1.63. The molecule has 4 rings (SSSR count). The van der Waals surface area contributed by atoms with Gasteiger partial charge in [-0.2, -0.15) is 5.10 Å². The number of hydrogen-bond acceptors (Lipinski definition) is 6. The Morgan fingerprint density at radius 2 is 1.58 bits per heavy atom. The van der Waals surface area contributed by atoms with Gasteiger partial charge in [-0.1, -0.05) is 63.4 Å². The maximum absolute atomic E-state index is 13.0. The van der Waals surface area contributed by atoms with E-state index in [1.54, 1.807) is 60.7 Å². The van der Waals surface area contributed by atoms with Crippen LogP contribution in [0.3, 0.4) is 0 Å². The van der Waals surface area contributed by atoms with Crippen molar-refractivity contribution >= 4 is 51.1 Å². The quantitative estimate of drug-likeness (QED) is 0.222. The minimum Gasteiger partial charge on any atom is -0.488 e. The number of halogens is 3. The van der Waals surface area contributed by atoms with Gasteiger partial charge < -0.3 is 14.2 Å². The van der Waals surface area contributed by atoms with E-state index in [0.717, 1.165) is 0 Å². The molecule has 0 amide bonds. The zero-order chi connectivity index (χ0) is 25.8. The van der Waals surface area contributed by atoms with Crippen LogP contribution in [0.5, 0.6) is 5.75 Å². The van der Waals surface area contributed by atoms with Crippen LogP contribution in [0.2, 0.25) is 10.0 Å². The first-order valence-corrected chi connectivity index (χ1v) is 12.1. The number of ether oxygens (including phenoxy) is 3. The highest BCUT2D eigenvalue weighted by Crippen LogP contribution is 2.38. The van der Waals surface area contributed by atoms with E-state index in [2.05, 4.69) is 21.0 Å². The molecule has 0 aliphatic carbocycles. The van der Waals surface area contributed by atoms with Crippen molar-refractivity contribution in [3.63, 3.8) is 0 Å². The van der Waals surface area contributed by atoms with Crippen molar-refractivity contribution in [3.05, 3.63) is 98.1 Å². The van der Waals surface area contributed by atoms with E-state index < -0.39 is 11.9 Å². The van der Waals surface area contributed by atoms with Crippen LogP contribution in [0.4, 0.5) is 0 Å². The van der Waals surface area contributed by atoms with Crippen molar-refractivity contribution in [2.24, 2.45) is 0 Å². The molecule has 10 heteroatoms. The Kier molecular flexibility index (Phi) is 7.98. The highest BCUT2D eigenvalue weighted by atomic mass is 79.9. The van der Waals surface area contributed by atoms with Gasteiger partial charge in [-0.15, -0.1) is 0 Å². The Balaban J connectivity index is 1.92. The van der Waals surface area contributed by atoms with Gasteiger partial charge in [0.2, 0.25) is 0 Å². The molecule has 1 heterocycles. The van der Waals surface area contributed by atoms with Gasteiger partial charge in [-0.05, 0) is 42.5 Å². The largest absolute Gasteiger partial charge is 0.488 e. The highest BCUT2D eigenvalue weighted by molar-refractivity contribution is 9.10. The first kappa shape index (κ1) is 25.8. The third kappa shape index (κ3) is 5.11. The summed E-state index contributed by atoms with van der Waals surface area (Å²) >= 11 is 16.1. The summed E-state index contributed by atoms with van der Waals surface area (Å²) in [5.74, 6) is -1.13. The molecule has 0 spiro atoms. The van der Waals surface area contributed by atoms with E-state index in [-0.39, 0.29) is 23.6 Å². The second-order valence-corrected chi connectivity index (χ2v) is 9.16. The lowest BCUT2D eigenvalue weighted by Gasteiger charge is -2.13. The number of aromatic nitrogens is 2. The Morgan fingerprint density at radius 1 is 0.917 bits per heavy atom. The number of carbonyl (C=O) groups excluding carboxylic acids is 2. The maximum atomic E-state index is 13.0. The van der Waals surface area contributed by atoms with Crippen LogP contribution < -0.4 is 4.74 Å². The molecule has 0 N–H and O–H groups in total. The van der Waals surface area contributed by atoms with E-state index >= 15 is 0 Å². The molecule has 0 bridgehead atoms. The summed E-state index contributed by atoms with van der Waals surface area (Å²) in [6, 6.07) is 19.3. The first-order chi connectivity index (χ1) is 17.3. The molecule has 1 aromatic heterocycles.